The summed E-state index contributed by atoms with van der Waals surface area (Å²) in [6, 6.07) is 7.57. The zero-order valence-electron chi connectivity index (χ0n) is 16.1. The number of nitrogens with zero attached hydrogens (tertiary/aromatic N) is 1. The highest BCUT2D eigenvalue weighted by atomic mass is 32.1. The van der Waals surface area contributed by atoms with Crippen molar-refractivity contribution in [2.24, 2.45) is 0 Å². The summed E-state index contributed by atoms with van der Waals surface area (Å²) in [6.45, 7) is 5.65. The summed E-state index contributed by atoms with van der Waals surface area (Å²) >= 11 is 1.62. The van der Waals surface area contributed by atoms with Gasteiger partial charge in [-0.15, -0.1) is 11.3 Å². The lowest BCUT2D eigenvalue weighted by atomic mass is 9.95. The maximum atomic E-state index is 11.7. The van der Waals surface area contributed by atoms with Crippen LogP contribution in [0.2, 0.25) is 0 Å². The molecule has 1 aliphatic rings. The van der Waals surface area contributed by atoms with Crippen LogP contribution < -0.4 is 10.6 Å². The smallest absolute Gasteiger partial charge is 0.411 e. The molecule has 0 bridgehead atoms. The lowest BCUT2D eigenvalue weighted by Gasteiger charge is -2.18. The quantitative estimate of drug-likeness (QED) is 0.697. The first kappa shape index (κ1) is 19.8. The van der Waals surface area contributed by atoms with Crippen molar-refractivity contribution in [2.75, 3.05) is 5.32 Å². The van der Waals surface area contributed by atoms with Crippen molar-refractivity contribution >= 4 is 35.1 Å². The monoisotopic (exact) mass is 397 g/mol. The lowest BCUT2D eigenvalue weighted by Crippen LogP contribution is -2.26. The van der Waals surface area contributed by atoms with E-state index in [1.54, 1.807) is 25.2 Å². The Kier molecular flexibility index (Phi) is 6.26. The van der Waals surface area contributed by atoms with Crippen molar-refractivity contribution in [1.82, 2.24) is 10.3 Å². The Morgan fingerprint density at radius 1 is 1.32 bits per heavy atom. The molecule has 0 saturated heterocycles. The molecule has 2 N–H and O–H groups in total. The number of hydrogen-bond acceptors (Lipinski definition) is 5. The minimum atomic E-state index is -0.465. The molecule has 1 aromatic carbocycles. The van der Waals surface area contributed by atoms with Gasteiger partial charge in [-0.05, 0) is 62.6 Å². The van der Waals surface area contributed by atoms with E-state index in [-0.39, 0.29) is 12.1 Å². The number of nitrogens with one attached hydrogen (secondary N) is 2. The maximum absolute atomic E-state index is 11.7. The Bertz CT molecular complexity index is 913. The molecular weight excluding hydrogens is 374 g/mol. The predicted octanol–water partition coefficient (Wildman–Crippen LogP) is 4.62. The Balaban J connectivity index is 1.70. The molecule has 1 unspecified atom stereocenters. The first-order valence-electron chi connectivity index (χ1n) is 9.09. The van der Waals surface area contributed by atoms with E-state index < -0.39 is 6.09 Å². The van der Waals surface area contributed by atoms with E-state index >= 15 is 0 Å². The number of anilines is 1. The second kappa shape index (κ2) is 8.84. The molecule has 1 aliphatic carbocycles. The fourth-order valence-electron chi connectivity index (χ4n) is 2.95. The van der Waals surface area contributed by atoms with Crippen LogP contribution in [0.5, 0.6) is 0 Å². The SMILES string of the molecule is CC1=CC(NC=O)CC=C1c1cnc(-c2ccc(NC(=O)OC(C)C)cc2)s1. The molecule has 1 atom stereocenters. The molecule has 6 nitrogen and oxygen atoms in total. The summed E-state index contributed by atoms with van der Waals surface area (Å²) in [4.78, 5) is 27.9. The van der Waals surface area contributed by atoms with Gasteiger partial charge in [-0.3, -0.25) is 10.1 Å². The van der Waals surface area contributed by atoms with Crippen molar-refractivity contribution in [3.63, 3.8) is 0 Å². The normalized spacial score (nSPS) is 16.2. The molecule has 0 radical (unpaired) electrons. The van der Waals surface area contributed by atoms with Crippen LogP contribution >= 0.6 is 11.3 Å². The van der Waals surface area contributed by atoms with E-state index in [2.05, 4.69) is 27.8 Å². The number of thiazole rings is 1. The van der Waals surface area contributed by atoms with E-state index in [1.807, 2.05) is 37.4 Å². The van der Waals surface area contributed by atoms with Gasteiger partial charge in [-0.25, -0.2) is 9.78 Å². The highest BCUT2D eigenvalue weighted by Gasteiger charge is 2.16. The number of hydrogen-bond donors (Lipinski definition) is 2. The van der Waals surface area contributed by atoms with Crippen LogP contribution in [0, 0.1) is 0 Å². The second-order valence-electron chi connectivity index (χ2n) is 6.78. The molecular formula is C21H23N3O3S. The molecule has 28 heavy (non-hydrogen) atoms. The highest BCUT2D eigenvalue weighted by molar-refractivity contribution is 7.16. The summed E-state index contributed by atoms with van der Waals surface area (Å²) in [5.41, 5.74) is 3.94. The Labute approximate surface area is 168 Å². The highest BCUT2D eigenvalue weighted by Crippen LogP contribution is 2.35. The number of rotatable bonds is 6. The van der Waals surface area contributed by atoms with Crippen LogP contribution in [0.15, 0.2) is 48.2 Å². The number of amides is 2. The van der Waals surface area contributed by atoms with Crippen LogP contribution in [-0.2, 0) is 9.53 Å². The number of carbonyl (C=O) groups excluding carboxylic acids is 2. The number of aromatic nitrogens is 1. The van der Waals surface area contributed by atoms with E-state index in [1.165, 1.54) is 0 Å². The topological polar surface area (TPSA) is 80.3 Å². The third-order valence-corrected chi connectivity index (χ3v) is 5.31. The third kappa shape index (κ3) is 4.86. The molecule has 1 heterocycles. The fourth-order valence-corrected chi connectivity index (χ4v) is 3.98. The van der Waals surface area contributed by atoms with Gasteiger partial charge in [-0.1, -0.05) is 12.2 Å². The van der Waals surface area contributed by atoms with Gasteiger partial charge < -0.3 is 10.1 Å². The van der Waals surface area contributed by atoms with Gasteiger partial charge >= 0.3 is 6.09 Å². The van der Waals surface area contributed by atoms with Gasteiger partial charge in [0.1, 0.15) is 5.01 Å². The third-order valence-electron chi connectivity index (χ3n) is 4.23. The van der Waals surface area contributed by atoms with Crippen LogP contribution in [0.25, 0.3) is 16.1 Å². The number of carbonyl (C=O) groups is 2. The molecule has 0 saturated carbocycles. The molecule has 1 aromatic heterocycles. The van der Waals surface area contributed by atoms with Crippen LogP contribution in [0.4, 0.5) is 10.5 Å². The summed E-state index contributed by atoms with van der Waals surface area (Å²) < 4.78 is 5.08. The minimum absolute atomic E-state index is 0.0519. The molecule has 0 aliphatic heterocycles. The standard InChI is InChI=1S/C21H23N3O3S/c1-13(2)27-21(26)24-16-6-4-15(5-7-16)20-22-11-19(28-20)18-9-8-17(23-12-25)10-14(18)3/h4-7,9-13,17H,8H2,1-3H3,(H,23,25)(H,24,26). The Morgan fingerprint density at radius 2 is 2.07 bits per heavy atom. The zero-order chi connectivity index (χ0) is 20.1. The molecule has 0 fully saturated rings. The maximum Gasteiger partial charge on any atom is 0.411 e. The van der Waals surface area contributed by atoms with Crippen LogP contribution in [0.1, 0.15) is 32.1 Å². The Hall–Kier alpha value is -2.93. The van der Waals surface area contributed by atoms with E-state index in [9.17, 15) is 9.59 Å². The summed E-state index contributed by atoms with van der Waals surface area (Å²) in [6.07, 6.45) is 6.96. The molecule has 7 heteroatoms. The lowest BCUT2D eigenvalue weighted by molar-refractivity contribution is -0.109. The molecule has 2 aromatic rings. The van der Waals surface area contributed by atoms with Crippen molar-refractivity contribution in [3.8, 4) is 10.6 Å². The number of ether oxygens (including phenoxy) is 1. The van der Waals surface area contributed by atoms with Gasteiger partial charge in [0.2, 0.25) is 6.41 Å². The van der Waals surface area contributed by atoms with Crippen molar-refractivity contribution in [3.05, 3.63) is 53.1 Å². The molecule has 3 rings (SSSR count). The van der Waals surface area contributed by atoms with E-state index in [0.29, 0.717) is 5.69 Å². The van der Waals surface area contributed by atoms with Crippen LogP contribution in [-0.4, -0.2) is 29.6 Å². The first-order valence-corrected chi connectivity index (χ1v) is 9.91. The molecule has 0 spiro atoms. The van der Waals surface area contributed by atoms with Crippen molar-refractivity contribution < 1.29 is 14.3 Å². The van der Waals surface area contributed by atoms with E-state index in [0.717, 1.165) is 39.4 Å². The van der Waals surface area contributed by atoms with Gasteiger partial charge in [0.15, 0.2) is 0 Å². The fraction of sp³-hybridized carbons (Fsp3) is 0.286. The number of allylic oxidation sites excluding steroid dienone is 2. The average Bonchev–Trinajstić information content (AvgIpc) is 3.12. The zero-order valence-corrected chi connectivity index (χ0v) is 16.9. The first-order chi connectivity index (χ1) is 13.5. The summed E-state index contributed by atoms with van der Waals surface area (Å²) in [5, 5.41) is 6.41. The number of benzene rings is 1. The second-order valence-corrected chi connectivity index (χ2v) is 7.81. The average molecular weight is 398 g/mol. The van der Waals surface area contributed by atoms with Gasteiger partial charge in [0.25, 0.3) is 0 Å². The van der Waals surface area contributed by atoms with Crippen LogP contribution in [0.3, 0.4) is 0 Å². The summed E-state index contributed by atoms with van der Waals surface area (Å²) in [7, 11) is 0. The minimum Gasteiger partial charge on any atom is -0.447 e. The largest absolute Gasteiger partial charge is 0.447 e. The van der Waals surface area contributed by atoms with E-state index in [4.69, 9.17) is 4.74 Å². The van der Waals surface area contributed by atoms with Gasteiger partial charge in [-0.2, -0.15) is 0 Å². The molecule has 2 amide bonds. The summed E-state index contributed by atoms with van der Waals surface area (Å²) in [5.74, 6) is 0. The van der Waals surface area contributed by atoms with Crippen molar-refractivity contribution in [2.45, 2.75) is 39.3 Å². The predicted molar refractivity (Wildman–Crippen MR) is 112 cm³/mol. The van der Waals surface area contributed by atoms with Gasteiger partial charge in [0.05, 0.1) is 17.0 Å². The molecule has 146 valence electrons. The Morgan fingerprint density at radius 3 is 2.71 bits per heavy atom. The van der Waals surface area contributed by atoms with Gasteiger partial charge in [0, 0.05) is 17.4 Å². The van der Waals surface area contributed by atoms with Crippen molar-refractivity contribution in [1.29, 1.82) is 0 Å².